The molecule has 0 saturated carbocycles. The first-order chi connectivity index (χ1) is 16.4. The van der Waals surface area contributed by atoms with Crippen LogP contribution in [0.15, 0.2) is 71.1 Å². The van der Waals surface area contributed by atoms with Crippen LogP contribution in [0, 0.1) is 20.2 Å². The molecule has 0 fully saturated rings. The van der Waals surface area contributed by atoms with Gasteiger partial charge in [-0.25, -0.2) is 4.79 Å². The number of nitrogens with zero attached hydrogens (tertiary/aromatic N) is 2. The smallest absolute Gasteiger partial charge is 0.379 e. The summed E-state index contributed by atoms with van der Waals surface area (Å²) in [5, 5.41) is 23.0. The maximum atomic E-state index is 12.5. The molecule has 34 heavy (non-hydrogen) atoms. The molecule has 0 saturated heterocycles. The van der Waals surface area contributed by atoms with E-state index in [1.54, 1.807) is 36.4 Å². The van der Waals surface area contributed by atoms with Crippen LogP contribution in [0.3, 0.4) is 0 Å². The molecule has 0 radical (unpaired) electrons. The number of carbonyl (C=O) groups is 1. The number of ether oxygens (including phenoxy) is 2. The number of hydrogen-bond donors (Lipinski definition) is 0. The molecule has 0 aliphatic carbocycles. The molecule has 1 aromatic heterocycles. The van der Waals surface area contributed by atoms with Crippen LogP contribution >= 0.6 is 0 Å². The van der Waals surface area contributed by atoms with Gasteiger partial charge in [0, 0.05) is 11.5 Å². The van der Waals surface area contributed by atoms with Crippen molar-refractivity contribution in [2.24, 2.45) is 0 Å². The van der Waals surface area contributed by atoms with E-state index < -0.39 is 21.5 Å². The zero-order chi connectivity index (χ0) is 24.2. The molecule has 0 aliphatic heterocycles. The minimum absolute atomic E-state index is 0.0395. The van der Waals surface area contributed by atoms with Gasteiger partial charge in [0.1, 0.15) is 5.58 Å². The van der Waals surface area contributed by atoms with Crippen molar-refractivity contribution in [3.05, 3.63) is 104 Å². The number of furan rings is 1. The van der Waals surface area contributed by atoms with Crippen molar-refractivity contribution in [1.29, 1.82) is 0 Å². The van der Waals surface area contributed by atoms with E-state index in [1.165, 1.54) is 31.4 Å². The lowest BCUT2D eigenvalue weighted by atomic mass is 10.1. The van der Waals surface area contributed by atoms with E-state index in [9.17, 15) is 25.0 Å². The van der Waals surface area contributed by atoms with Crippen LogP contribution in [0.4, 0.5) is 11.4 Å². The van der Waals surface area contributed by atoms with Gasteiger partial charge >= 0.3 is 5.97 Å². The average molecular weight is 460 g/mol. The molecule has 0 N–H and O–H groups in total. The lowest BCUT2D eigenvalue weighted by molar-refractivity contribution is -0.394. The first-order valence-corrected chi connectivity index (χ1v) is 9.85. The summed E-state index contributed by atoms with van der Waals surface area (Å²) in [7, 11) is 1.41. The highest BCUT2D eigenvalue weighted by atomic mass is 16.6. The third kappa shape index (κ3) is 4.60. The van der Waals surface area contributed by atoms with Gasteiger partial charge in [0.05, 0.1) is 28.6 Å². The zero-order valence-electron chi connectivity index (χ0n) is 17.7. The number of non-ortho nitro benzene ring substituents is 1. The highest BCUT2D eigenvalue weighted by molar-refractivity contribution is 5.94. The number of nitro benzene ring substituents is 2. The molecule has 0 amide bonds. The van der Waals surface area contributed by atoms with Crippen LogP contribution in [0.1, 0.15) is 21.7 Å². The van der Waals surface area contributed by atoms with Gasteiger partial charge in [0.25, 0.3) is 11.4 Å². The van der Waals surface area contributed by atoms with Crippen LogP contribution < -0.4 is 9.47 Å². The normalized spacial score (nSPS) is 11.0. The molecule has 10 nitrogen and oxygen atoms in total. The number of fused-ring (bicyclic) bond motifs is 1. The lowest BCUT2D eigenvalue weighted by Gasteiger charge is -2.09. The number of carbonyl (C=O) groups excluding carboxylic acids is 1. The molecule has 0 spiro atoms. The topological polar surface area (TPSA) is 135 Å². The van der Waals surface area contributed by atoms with Gasteiger partial charge in [-0.15, -0.1) is 0 Å². The molecule has 4 rings (SSSR count). The van der Waals surface area contributed by atoms with E-state index in [0.717, 1.165) is 11.5 Å². The minimum Gasteiger partial charge on any atom is -0.493 e. The Labute approximate surface area is 191 Å². The fourth-order valence-corrected chi connectivity index (χ4v) is 3.24. The van der Waals surface area contributed by atoms with Gasteiger partial charge in [-0.3, -0.25) is 20.2 Å². The monoisotopic (exact) mass is 460 g/mol. The van der Waals surface area contributed by atoms with Crippen molar-refractivity contribution < 1.29 is 28.5 Å². The number of hydrogen-bond acceptors (Lipinski definition) is 8. The zero-order valence-corrected chi connectivity index (χ0v) is 17.7. The maximum absolute atomic E-state index is 12.5. The summed E-state index contributed by atoms with van der Waals surface area (Å²) >= 11 is 0. The van der Waals surface area contributed by atoms with E-state index >= 15 is 0 Å². The Morgan fingerprint density at radius 2 is 1.71 bits per heavy atom. The first-order valence-electron chi connectivity index (χ1n) is 9.85. The van der Waals surface area contributed by atoms with Crippen LogP contribution in [0.5, 0.6) is 11.5 Å². The highest BCUT2D eigenvalue weighted by Gasteiger charge is 2.19. The number of esters is 1. The van der Waals surface area contributed by atoms with E-state index in [1.807, 2.05) is 12.1 Å². The average Bonchev–Trinajstić information content (AvgIpc) is 3.27. The minimum atomic E-state index is -0.698. The van der Waals surface area contributed by atoms with Crippen molar-refractivity contribution >= 4 is 40.5 Å². The fourth-order valence-electron chi connectivity index (χ4n) is 3.24. The van der Waals surface area contributed by atoms with Crippen LogP contribution in [0.2, 0.25) is 0 Å². The molecular weight excluding hydrogens is 444 g/mol. The van der Waals surface area contributed by atoms with Crippen molar-refractivity contribution in [1.82, 2.24) is 0 Å². The number of para-hydroxylation sites is 1. The summed E-state index contributed by atoms with van der Waals surface area (Å²) in [4.78, 5) is 33.3. The summed E-state index contributed by atoms with van der Waals surface area (Å²) < 4.78 is 16.3. The SMILES string of the molecule is COc1cc(C=Cc2ccc([N+](=O)[O-])cc2[N+](=O)[O-])ccc1OC(=O)c1cc2ccccc2o1. The van der Waals surface area contributed by atoms with Crippen LogP contribution in [-0.4, -0.2) is 22.9 Å². The summed E-state index contributed by atoms with van der Waals surface area (Å²) in [6.07, 6.45) is 3.03. The first kappa shape index (κ1) is 22.2. The molecule has 4 aromatic rings. The number of methoxy groups -OCH3 is 1. The van der Waals surface area contributed by atoms with Gasteiger partial charge in [-0.05, 0) is 42.0 Å². The van der Waals surface area contributed by atoms with Crippen molar-refractivity contribution in [2.75, 3.05) is 7.11 Å². The molecule has 0 bridgehead atoms. The maximum Gasteiger partial charge on any atom is 0.379 e. The van der Waals surface area contributed by atoms with Gasteiger partial charge in [0.2, 0.25) is 5.76 Å². The van der Waals surface area contributed by atoms with E-state index in [-0.39, 0.29) is 28.5 Å². The second kappa shape index (κ2) is 9.25. The number of benzene rings is 3. The molecule has 3 aromatic carbocycles. The molecule has 170 valence electrons. The lowest BCUT2D eigenvalue weighted by Crippen LogP contribution is -2.08. The molecule has 0 atom stereocenters. The molecule has 0 aliphatic rings. The second-order valence-corrected chi connectivity index (χ2v) is 7.04. The van der Waals surface area contributed by atoms with E-state index in [0.29, 0.717) is 11.1 Å². The molecule has 10 heteroatoms. The predicted octanol–water partition coefficient (Wildman–Crippen LogP) is 5.65. The van der Waals surface area contributed by atoms with Gasteiger partial charge in [-0.2, -0.15) is 0 Å². The van der Waals surface area contributed by atoms with E-state index in [4.69, 9.17) is 13.9 Å². The van der Waals surface area contributed by atoms with Crippen molar-refractivity contribution in [3.8, 4) is 11.5 Å². The fraction of sp³-hybridized carbons (Fsp3) is 0.0417. The molecule has 1 heterocycles. The van der Waals surface area contributed by atoms with Gasteiger partial charge < -0.3 is 13.9 Å². The van der Waals surface area contributed by atoms with Gasteiger partial charge in [0.15, 0.2) is 11.5 Å². The summed E-state index contributed by atoms with van der Waals surface area (Å²) in [5.41, 5.74) is 0.570. The Balaban J connectivity index is 1.56. The largest absolute Gasteiger partial charge is 0.493 e. The Bertz CT molecular complexity index is 1420. The third-order valence-corrected chi connectivity index (χ3v) is 4.89. The van der Waals surface area contributed by atoms with Gasteiger partial charge in [-0.1, -0.05) is 30.3 Å². The van der Waals surface area contributed by atoms with Crippen molar-refractivity contribution in [3.63, 3.8) is 0 Å². The predicted molar refractivity (Wildman–Crippen MR) is 123 cm³/mol. The third-order valence-electron chi connectivity index (χ3n) is 4.89. The number of nitro groups is 2. The second-order valence-electron chi connectivity index (χ2n) is 7.04. The van der Waals surface area contributed by atoms with Crippen LogP contribution in [-0.2, 0) is 0 Å². The standard InChI is InChI=1S/C24H16N2O8/c1-32-22-12-15(6-8-16-9-10-18(25(28)29)14-19(16)26(30)31)7-11-21(22)34-24(27)23-13-17-4-2-3-5-20(17)33-23/h2-14H,1H3. The quantitative estimate of drug-likeness (QED) is 0.114. The van der Waals surface area contributed by atoms with Crippen molar-refractivity contribution in [2.45, 2.75) is 0 Å². The Morgan fingerprint density at radius 3 is 2.41 bits per heavy atom. The summed E-state index contributed by atoms with van der Waals surface area (Å²) in [5.74, 6) is -0.242. The summed E-state index contributed by atoms with van der Waals surface area (Å²) in [6, 6.07) is 16.9. The molecular formula is C24H16N2O8. The Hall–Kier alpha value is -4.99. The highest BCUT2D eigenvalue weighted by Crippen LogP contribution is 2.31. The Morgan fingerprint density at radius 1 is 0.912 bits per heavy atom. The molecule has 0 unspecified atom stereocenters. The van der Waals surface area contributed by atoms with Crippen LogP contribution in [0.25, 0.3) is 23.1 Å². The number of rotatable bonds is 7. The Kier molecular flexibility index (Phi) is 6.04. The summed E-state index contributed by atoms with van der Waals surface area (Å²) in [6.45, 7) is 0. The van der Waals surface area contributed by atoms with E-state index in [2.05, 4.69) is 0 Å².